The molecule has 0 unspecified atom stereocenters. The maximum atomic E-state index is 14.3. The van der Waals surface area contributed by atoms with E-state index in [0.717, 1.165) is 27.3 Å². The molecule has 0 saturated carbocycles. The van der Waals surface area contributed by atoms with Crippen molar-refractivity contribution in [1.29, 1.82) is 0 Å². The van der Waals surface area contributed by atoms with Crippen LogP contribution in [-0.4, -0.2) is 27.6 Å². The van der Waals surface area contributed by atoms with Crippen LogP contribution >= 0.6 is 11.6 Å². The van der Waals surface area contributed by atoms with Crippen LogP contribution in [-0.2, 0) is 7.05 Å². The van der Waals surface area contributed by atoms with E-state index in [-0.39, 0.29) is 23.1 Å². The molecule has 0 amide bonds. The molecular formula is C19H17ClFN3O4. The van der Waals surface area contributed by atoms with Gasteiger partial charge in [0.2, 0.25) is 0 Å². The van der Waals surface area contributed by atoms with Gasteiger partial charge in [-0.05, 0) is 18.2 Å². The summed E-state index contributed by atoms with van der Waals surface area (Å²) in [6, 6.07) is 11.7. The van der Waals surface area contributed by atoms with Gasteiger partial charge in [0.05, 0.1) is 18.2 Å². The summed E-state index contributed by atoms with van der Waals surface area (Å²) in [5, 5.41) is 3.75. The van der Waals surface area contributed by atoms with E-state index in [0.29, 0.717) is 13.0 Å². The van der Waals surface area contributed by atoms with Gasteiger partial charge < -0.3 is 9.47 Å². The van der Waals surface area contributed by atoms with Crippen LogP contribution in [0.15, 0.2) is 58.3 Å². The van der Waals surface area contributed by atoms with Gasteiger partial charge in [0.15, 0.2) is 5.82 Å². The van der Waals surface area contributed by atoms with Crippen LogP contribution in [0.3, 0.4) is 0 Å². The first-order valence-electron chi connectivity index (χ1n) is 8.43. The quantitative estimate of drug-likeness (QED) is 0.565. The number of benzene rings is 2. The van der Waals surface area contributed by atoms with Crippen LogP contribution in [0.1, 0.15) is 6.42 Å². The Morgan fingerprint density at radius 1 is 1.11 bits per heavy atom. The van der Waals surface area contributed by atoms with Gasteiger partial charge in [-0.3, -0.25) is 9.36 Å². The topological polar surface area (TPSA) is 75.3 Å². The summed E-state index contributed by atoms with van der Waals surface area (Å²) in [7, 11) is 1.28. The Morgan fingerprint density at radius 2 is 1.82 bits per heavy atom. The normalized spacial score (nSPS) is 10.7. The van der Waals surface area contributed by atoms with Crippen molar-refractivity contribution < 1.29 is 13.9 Å². The SMILES string of the molecule is Cn1c(=O)cnn(-c2cc(OCCCOc3ccccc3)c(Cl)cc2F)c1=O. The van der Waals surface area contributed by atoms with Crippen molar-refractivity contribution in [2.75, 3.05) is 13.2 Å². The summed E-state index contributed by atoms with van der Waals surface area (Å²) in [5.41, 5.74) is -1.54. The molecule has 0 aliphatic carbocycles. The van der Waals surface area contributed by atoms with E-state index in [1.54, 1.807) is 0 Å². The molecule has 0 N–H and O–H groups in total. The van der Waals surface area contributed by atoms with Crippen molar-refractivity contribution in [3.8, 4) is 17.2 Å². The molecular weight excluding hydrogens is 389 g/mol. The molecule has 3 aromatic rings. The highest BCUT2D eigenvalue weighted by Gasteiger charge is 2.15. The van der Waals surface area contributed by atoms with Crippen molar-refractivity contribution in [3.05, 3.63) is 80.3 Å². The first kappa shape index (κ1) is 19.6. The second-order valence-electron chi connectivity index (χ2n) is 5.83. The number of para-hydroxylation sites is 1. The summed E-state index contributed by atoms with van der Waals surface area (Å²) < 4.78 is 27.1. The third-order valence-electron chi connectivity index (χ3n) is 3.87. The number of halogens is 2. The summed E-state index contributed by atoms with van der Waals surface area (Å²) >= 11 is 6.03. The third kappa shape index (κ3) is 4.40. The highest BCUT2D eigenvalue weighted by atomic mass is 35.5. The number of hydrogen-bond donors (Lipinski definition) is 0. The second kappa shape index (κ2) is 8.71. The van der Waals surface area contributed by atoms with E-state index in [9.17, 15) is 14.0 Å². The average molecular weight is 406 g/mol. The lowest BCUT2D eigenvalue weighted by Crippen LogP contribution is -2.38. The van der Waals surface area contributed by atoms with Crippen molar-refractivity contribution >= 4 is 11.6 Å². The van der Waals surface area contributed by atoms with Crippen molar-refractivity contribution in [3.63, 3.8) is 0 Å². The van der Waals surface area contributed by atoms with Crippen LogP contribution < -0.4 is 20.7 Å². The van der Waals surface area contributed by atoms with Gasteiger partial charge in [0.25, 0.3) is 5.56 Å². The first-order chi connectivity index (χ1) is 13.5. The molecule has 0 aliphatic heterocycles. The van der Waals surface area contributed by atoms with Crippen LogP contribution in [0.5, 0.6) is 11.5 Å². The molecule has 0 spiro atoms. The Morgan fingerprint density at radius 3 is 2.57 bits per heavy atom. The molecule has 0 atom stereocenters. The molecule has 28 heavy (non-hydrogen) atoms. The molecule has 1 heterocycles. The zero-order chi connectivity index (χ0) is 20.1. The monoisotopic (exact) mass is 405 g/mol. The lowest BCUT2D eigenvalue weighted by atomic mass is 10.3. The van der Waals surface area contributed by atoms with Gasteiger partial charge in [0, 0.05) is 19.5 Å². The van der Waals surface area contributed by atoms with E-state index >= 15 is 0 Å². The zero-order valence-electron chi connectivity index (χ0n) is 15.0. The van der Waals surface area contributed by atoms with Crippen LogP contribution in [0.4, 0.5) is 4.39 Å². The molecule has 0 radical (unpaired) electrons. The fourth-order valence-corrected chi connectivity index (χ4v) is 2.59. The maximum absolute atomic E-state index is 14.3. The summed E-state index contributed by atoms with van der Waals surface area (Å²) in [6.07, 6.45) is 1.49. The number of rotatable bonds is 7. The Bertz CT molecular complexity index is 1080. The minimum absolute atomic E-state index is 0.0584. The molecule has 2 aromatic carbocycles. The Balaban J connectivity index is 1.71. The molecule has 0 bridgehead atoms. The molecule has 0 saturated heterocycles. The Hall–Kier alpha value is -3.13. The maximum Gasteiger partial charge on any atom is 0.352 e. The van der Waals surface area contributed by atoms with Gasteiger partial charge in [-0.25, -0.2) is 9.18 Å². The van der Waals surface area contributed by atoms with Crippen LogP contribution in [0.2, 0.25) is 5.02 Å². The predicted molar refractivity (Wildman–Crippen MR) is 102 cm³/mol. The molecule has 7 nitrogen and oxygen atoms in total. The average Bonchev–Trinajstić information content (AvgIpc) is 2.69. The predicted octanol–water partition coefficient (Wildman–Crippen LogP) is 2.57. The lowest BCUT2D eigenvalue weighted by molar-refractivity contribution is 0.247. The van der Waals surface area contributed by atoms with Crippen LogP contribution in [0, 0.1) is 5.82 Å². The standard InChI is InChI=1S/C19H17ClFN3O4/c1-23-18(25)12-22-24(19(23)26)16-11-17(14(20)10-15(16)21)28-9-5-8-27-13-6-3-2-4-7-13/h2-4,6-7,10-12H,5,8-9H2,1H3. The minimum atomic E-state index is -0.782. The Kier molecular flexibility index (Phi) is 6.10. The van der Waals surface area contributed by atoms with Crippen molar-refractivity contribution in [2.24, 2.45) is 7.05 Å². The number of aromatic nitrogens is 3. The van der Waals surface area contributed by atoms with E-state index in [1.165, 1.54) is 13.1 Å². The van der Waals surface area contributed by atoms with E-state index in [4.69, 9.17) is 21.1 Å². The second-order valence-corrected chi connectivity index (χ2v) is 6.24. The van der Waals surface area contributed by atoms with Gasteiger partial charge in [-0.1, -0.05) is 29.8 Å². The molecule has 1 aromatic heterocycles. The molecule has 3 rings (SSSR count). The Labute approximate surface area is 164 Å². The number of hydrogen-bond acceptors (Lipinski definition) is 5. The zero-order valence-corrected chi connectivity index (χ0v) is 15.7. The van der Waals surface area contributed by atoms with E-state index in [1.807, 2.05) is 30.3 Å². The first-order valence-corrected chi connectivity index (χ1v) is 8.80. The highest BCUT2D eigenvalue weighted by molar-refractivity contribution is 6.32. The fraction of sp³-hybridized carbons (Fsp3) is 0.211. The number of ether oxygens (including phenoxy) is 2. The molecule has 0 aliphatic rings. The highest BCUT2D eigenvalue weighted by Crippen LogP contribution is 2.29. The fourth-order valence-electron chi connectivity index (χ4n) is 2.38. The molecule has 9 heteroatoms. The third-order valence-corrected chi connectivity index (χ3v) is 4.17. The van der Waals surface area contributed by atoms with E-state index in [2.05, 4.69) is 5.10 Å². The lowest BCUT2D eigenvalue weighted by Gasteiger charge is -2.12. The van der Waals surface area contributed by atoms with Gasteiger partial charge >= 0.3 is 5.69 Å². The van der Waals surface area contributed by atoms with Gasteiger partial charge in [-0.2, -0.15) is 9.78 Å². The van der Waals surface area contributed by atoms with Crippen LogP contribution in [0.25, 0.3) is 5.69 Å². The smallest absolute Gasteiger partial charge is 0.352 e. The minimum Gasteiger partial charge on any atom is -0.493 e. The largest absolute Gasteiger partial charge is 0.493 e. The van der Waals surface area contributed by atoms with Gasteiger partial charge in [-0.15, -0.1) is 0 Å². The molecule has 0 fully saturated rings. The van der Waals surface area contributed by atoms with Crippen molar-refractivity contribution in [2.45, 2.75) is 6.42 Å². The summed E-state index contributed by atoms with van der Waals surface area (Å²) in [4.78, 5) is 23.6. The molecule has 146 valence electrons. The number of nitrogens with zero attached hydrogens (tertiary/aromatic N) is 3. The van der Waals surface area contributed by atoms with E-state index < -0.39 is 17.1 Å². The van der Waals surface area contributed by atoms with Gasteiger partial charge in [0.1, 0.15) is 23.4 Å². The van der Waals surface area contributed by atoms with Crippen molar-refractivity contribution in [1.82, 2.24) is 14.3 Å². The summed E-state index contributed by atoms with van der Waals surface area (Å²) in [5.74, 6) is 0.183. The summed E-state index contributed by atoms with van der Waals surface area (Å²) in [6.45, 7) is 0.699.